The molecule has 0 spiro atoms. The molecular weight excluding hydrogens is 623 g/mol. The fourth-order valence-electron chi connectivity index (χ4n) is 5.96. The van der Waals surface area contributed by atoms with E-state index >= 15 is 0 Å². The SMILES string of the molecule is Cc1cc(C)n(CCNC(=O)OC[C@H]2CC[C@@H](CCc3c(F)cncc3NC(=O)CC(c3ccc(F)cc3)c3ccc(F)cc3)OC2)n1. The van der Waals surface area contributed by atoms with Gasteiger partial charge in [-0.15, -0.1) is 0 Å². The number of hydrogen-bond donors (Lipinski definition) is 2. The molecule has 2 amide bonds. The molecule has 2 aromatic carbocycles. The number of aromatic nitrogens is 3. The molecule has 0 bridgehead atoms. The fraction of sp³-hybridized carbons (Fsp3) is 0.389. The van der Waals surface area contributed by atoms with Gasteiger partial charge in [-0.25, -0.2) is 18.0 Å². The lowest BCUT2D eigenvalue weighted by molar-refractivity contribution is -0.116. The van der Waals surface area contributed by atoms with Crippen LogP contribution in [-0.2, 0) is 27.2 Å². The second kappa shape index (κ2) is 16.4. The number of halogens is 3. The van der Waals surface area contributed by atoms with Crippen LogP contribution in [0.3, 0.4) is 0 Å². The Balaban J connectivity index is 1.09. The van der Waals surface area contributed by atoms with E-state index in [4.69, 9.17) is 9.47 Å². The quantitative estimate of drug-likeness (QED) is 0.166. The van der Waals surface area contributed by atoms with Gasteiger partial charge in [0.1, 0.15) is 17.5 Å². The van der Waals surface area contributed by atoms with Gasteiger partial charge in [-0.05, 0) is 81.0 Å². The second-order valence-corrected chi connectivity index (χ2v) is 12.2. The van der Waals surface area contributed by atoms with Gasteiger partial charge >= 0.3 is 6.09 Å². The van der Waals surface area contributed by atoms with E-state index in [2.05, 4.69) is 20.7 Å². The number of ether oxygens (including phenoxy) is 2. The molecule has 0 radical (unpaired) electrons. The Hall–Kier alpha value is -4.71. The number of rotatable bonds is 13. The number of benzene rings is 2. The van der Waals surface area contributed by atoms with Gasteiger partial charge in [0.25, 0.3) is 0 Å². The molecule has 1 aliphatic heterocycles. The Kier molecular flexibility index (Phi) is 11.8. The van der Waals surface area contributed by atoms with E-state index in [1.165, 1.54) is 30.5 Å². The Morgan fingerprint density at radius 1 is 1.00 bits per heavy atom. The standard InChI is InChI=1S/C36H40F3N5O4/c1-23-17-24(2)44(43-23)16-15-41-36(46)48-22-25-3-12-30(47-21-25)13-14-31-33(39)19-40-20-34(31)42-35(45)18-32(26-4-8-28(37)9-5-26)27-6-10-29(38)11-7-27/h4-11,17,19-20,25,30,32H,3,12-16,18,21-22H2,1-2H3,(H,41,46)(H,42,45)/t25-,30-/m0/s1. The van der Waals surface area contributed by atoms with E-state index in [9.17, 15) is 22.8 Å². The zero-order valence-corrected chi connectivity index (χ0v) is 27.1. The number of amides is 2. The summed E-state index contributed by atoms with van der Waals surface area (Å²) in [4.78, 5) is 29.4. The fourth-order valence-corrected chi connectivity index (χ4v) is 5.96. The molecule has 2 aromatic heterocycles. The van der Waals surface area contributed by atoms with Gasteiger partial charge in [0.2, 0.25) is 5.91 Å². The Morgan fingerprint density at radius 3 is 2.29 bits per heavy atom. The first-order valence-corrected chi connectivity index (χ1v) is 16.1. The van der Waals surface area contributed by atoms with Gasteiger partial charge in [0.15, 0.2) is 0 Å². The first-order valence-electron chi connectivity index (χ1n) is 16.1. The molecule has 0 unspecified atom stereocenters. The maximum atomic E-state index is 15.0. The van der Waals surface area contributed by atoms with E-state index in [1.54, 1.807) is 24.3 Å². The number of nitrogens with one attached hydrogen (secondary N) is 2. The van der Waals surface area contributed by atoms with Gasteiger partial charge in [-0.1, -0.05) is 24.3 Å². The average Bonchev–Trinajstić information content (AvgIpc) is 3.39. The van der Waals surface area contributed by atoms with Gasteiger partial charge in [0.05, 0.1) is 49.6 Å². The maximum Gasteiger partial charge on any atom is 0.407 e. The minimum Gasteiger partial charge on any atom is -0.449 e. The van der Waals surface area contributed by atoms with Gasteiger partial charge in [-0.3, -0.25) is 14.5 Å². The molecule has 3 heterocycles. The van der Waals surface area contributed by atoms with Crippen molar-refractivity contribution in [1.82, 2.24) is 20.1 Å². The Bertz CT molecular complexity index is 1630. The molecule has 254 valence electrons. The molecule has 2 N–H and O–H groups in total. The van der Waals surface area contributed by atoms with Crippen LogP contribution in [0.1, 0.15) is 59.7 Å². The van der Waals surface area contributed by atoms with Crippen LogP contribution in [0, 0.1) is 37.2 Å². The van der Waals surface area contributed by atoms with E-state index in [0.717, 1.165) is 30.4 Å². The summed E-state index contributed by atoms with van der Waals surface area (Å²) in [5.41, 5.74) is 3.92. The van der Waals surface area contributed by atoms with Crippen molar-refractivity contribution in [2.45, 2.75) is 64.5 Å². The van der Waals surface area contributed by atoms with Crippen LogP contribution in [0.2, 0.25) is 0 Å². The summed E-state index contributed by atoms with van der Waals surface area (Å²) in [6.45, 7) is 5.50. The minimum atomic E-state index is -0.535. The molecule has 1 fully saturated rings. The van der Waals surface area contributed by atoms with Crippen LogP contribution < -0.4 is 10.6 Å². The summed E-state index contributed by atoms with van der Waals surface area (Å²) in [6, 6.07) is 13.6. The molecule has 1 saturated heterocycles. The second-order valence-electron chi connectivity index (χ2n) is 12.2. The van der Waals surface area contributed by atoms with Crippen molar-refractivity contribution >= 4 is 17.7 Å². The molecule has 5 rings (SSSR count). The van der Waals surface area contributed by atoms with Crippen LogP contribution in [0.4, 0.5) is 23.7 Å². The zero-order chi connectivity index (χ0) is 34.0. The summed E-state index contributed by atoms with van der Waals surface area (Å²) in [5.74, 6) is -2.17. The van der Waals surface area contributed by atoms with Crippen LogP contribution >= 0.6 is 0 Å². The summed E-state index contributed by atoms with van der Waals surface area (Å²) >= 11 is 0. The number of carbonyl (C=O) groups is 2. The average molecular weight is 664 g/mol. The van der Waals surface area contributed by atoms with Crippen molar-refractivity contribution < 1.29 is 32.2 Å². The van der Waals surface area contributed by atoms with Gasteiger partial charge in [0, 0.05) is 36.1 Å². The molecular formula is C36H40F3N5O4. The third kappa shape index (κ3) is 9.66. The first kappa shape index (κ1) is 34.6. The number of alkyl carbamates (subject to hydrolysis) is 1. The summed E-state index contributed by atoms with van der Waals surface area (Å²) < 4.78 is 55.5. The molecule has 0 saturated carbocycles. The van der Waals surface area contributed by atoms with E-state index < -0.39 is 35.4 Å². The van der Waals surface area contributed by atoms with E-state index in [0.29, 0.717) is 49.2 Å². The number of nitrogens with zero attached hydrogens (tertiary/aromatic N) is 3. The predicted octanol–water partition coefficient (Wildman–Crippen LogP) is 6.63. The molecule has 48 heavy (non-hydrogen) atoms. The highest BCUT2D eigenvalue weighted by atomic mass is 19.1. The van der Waals surface area contributed by atoms with Crippen molar-refractivity contribution in [3.05, 3.63) is 113 Å². The molecule has 2 atom stereocenters. The lowest BCUT2D eigenvalue weighted by atomic mass is 9.88. The number of hydrogen-bond acceptors (Lipinski definition) is 6. The normalized spacial score (nSPS) is 16.1. The molecule has 1 aliphatic rings. The molecule has 4 aromatic rings. The topological polar surface area (TPSA) is 107 Å². The third-order valence-electron chi connectivity index (χ3n) is 8.54. The molecule has 12 heteroatoms. The number of pyridine rings is 1. The van der Waals surface area contributed by atoms with Crippen LogP contribution in [0.5, 0.6) is 0 Å². The van der Waals surface area contributed by atoms with Crippen LogP contribution in [0.15, 0.2) is 67.0 Å². The number of carbonyl (C=O) groups excluding carboxylic acids is 2. The number of aryl methyl sites for hydroxylation is 2. The van der Waals surface area contributed by atoms with Gasteiger partial charge < -0.3 is 20.1 Å². The van der Waals surface area contributed by atoms with Crippen molar-refractivity contribution in [3.8, 4) is 0 Å². The number of anilines is 1. The van der Waals surface area contributed by atoms with E-state index in [-0.39, 0.29) is 30.7 Å². The maximum absolute atomic E-state index is 15.0. The Labute approximate surface area is 277 Å². The lowest BCUT2D eigenvalue weighted by Gasteiger charge is -2.29. The van der Waals surface area contributed by atoms with Crippen molar-refractivity contribution in [2.75, 3.05) is 25.1 Å². The lowest BCUT2D eigenvalue weighted by Crippen LogP contribution is -2.33. The molecule has 0 aliphatic carbocycles. The predicted molar refractivity (Wildman–Crippen MR) is 174 cm³/mol. The van der Waals surface area contributed by atoms with E-state index in [1.807, 2.05) is 24.6 Å². The van der Waals surface area contributed by atoms with Gasteiger partial charge in [-0.2, -0.15) is 5.10 Å². The van der Waals surface area contributed by atoms with Crippen LogP contribution in [-0.4, -0.2) is 52.6 Å². The summed E-state index contributed by atoms with van der Waals surface area (Å²) in [6.07, 6.45) is 4.24. The smallest absolute Gasteiger partial charge is 0.407 e. The zero-order valence-electron chi connectivity index (χ0n) is 27.1. The largest absolute Gasteiger partial charge is 0.449 e. The molecule has 9 nitrogen and oxygen atoms in total. The van der Waals surface area contributed by atoms with Crippen LogP contribution in [0.25, 0.3) is 0 Å². The minimum absolute atomic E-state index is 0.0376. The highest BCUT2D eigenvalue weighted by Gasteiger charge is 2.25. The summed E-state index contributed by atoms with van der Waals surface area (Å²) in [7, 11) is 0. The van der Waals surface area contributed by atoms with Crippen molar-refractivity contribution in [2.24, 2.45) is 5.92 Å². The monoisotopic (exact) mass is 663 g/mol. The van der Waals surface area contributed by atoms with Crippen molar-refractivity contribution in [3.63, 3.8) is 0 Å². The van der Waals surface area contributed by atoms with Crippen molar-refractivity contribution in [1.29, 1.82) is 0 Å². The summed E-state index contributed by atoms with van der Waals surface area (Å²) in [5, 5.41) is 9.92. The third-order valence-corrected chi connectivity index (χ3v) is 8.54. The first-order chi connectivity index (χ1) is 23.1. The Morgan fingerprint density at radius 2 is 1.69 bits per heavy atom. The highest BCUT2D eigenvalue weighted by molar-refractivity contribution is 5.92. The highest BCUT2D eigenvalue weighted by Crippen LogP contribution is 2.30.